The summed E-state index contributed by atoms with van der Waals surface area (Å²) in [6, 6.07) is 23.8. The van der Waals surface area contributed by atoms with Crippen molar-refractivity contribution in [3.63, 3.8) is 0 Å². The third-order valence-electron chi connectivity index (χ3n) is 7.91. The van der Waals surface area contributed by atoms with E-state index in [-0.39, 0.29) is 0 Å². The van der Waals surface area contributed by atoms with Crippen molar-refractivity contribution < 1.29 is 0 Å². The van der Waals surface area contributed by atoms with Crippen LogP contribution in [-0.2, 0) is 0 Å². The lowest BCUT2D eigenvalue weighted by Gasteiger charge is -2.36. The van der Waals surface area contributed by atoms with Gasteiger partial charge in [0.05, 0.1) is 11.4 Å². The SMILES string of the molecule is Cc1nn2c(ncc3cc(-c4ccccc4)c(-c4ccc(C5CC(C6CC6)C5)cc4)nc32)c1C#N. The smallest absolute Gasteiger partial charge is 0.175 e. The van der Waals surface area contributed by atoms with Crippen LogP contribution < -0.4 is 0 Å². The number of aromatic nitrogens is 4. The molecule has 0 bridgehead atoms. The molecule has 3 heterocycles. The molecule has 5 nitrogen and oxygen atoms in total. The monoisotopic (exact) mass is 455 g/mol. The van der Waals surface area contributed by atoms with Gasteiger partial charge < -0.3 is 0 Å². The summed E-state index contributed by atoms with van der Waals surface area (Å²) in [5.41, 5.74) is 8.05. The fourth-order valence-corrected chi connectivity index (χ4v) is 5.68. The van der Waals surface area contributed by atoms with Gasteiger partial charge in [-0.1, -0.05) is 54.6 Å². The zero-order valence-electron chi connectivity index (χ0n) is 19.6. The predicted octanol–water partition coefficient (Wildman–Crippen LogP) is 6.70. The van der Waals surface area contributed by atoms with Crippen molar-refractivity contribution in [1.82, 2.24) is 19.6 Å². The summed E-state index contributed by atoms with van der Waals surface area (Å²) in [7, 11) is 0. The number of hydrogen-bond acceptors (Lipinski definition) is 4. The molecule has 7 rings (SSSR count). The second-order valence-corrected chi connectivity index (χ2v) is 10.1. The van der Waals surface area contributed by atoms with Crippen molar-refractivity contribution >= 4 is 16.7 Å². The molecule has 5 aromatic rings. The van der Waals surface area contributed by atoms with Crippen LogP contribution in [0.25, 0.3) is 39.1 Å². The van der Waals surface area contributed by atoms with Gasteiger partial charge in [-0.25, -0.2) is 9.97 Å². The quantitative estimate of drug-likeness (QED) is 0.303. The number of nitriles is 1. The zero-order valence-corrected chi connectivity index (χ0v) is 19.6. The maximum absolute atomic E-state index is 9.59. The van der Waals surface area contributed by atoms with E-state index in [4.69, 9.17) is 4.98 Å². The average molecular weight is 456 g/mol. The summed E-state index contributed by atoms with van der Waals surface area (Å²) in [5.74, 6) is 2.67. The number of hydrogen-bond donors (Lipinski definition) is 0. The van der Waals surface area contributed by atoms with Crippen LogP contribution in [-0.4, -0.2) is 19.6 Å². The highest BCUT2D eigenvalue weighted by atomic mass is 15.3. The fraction of sp³-hybridized carbons (Fsp3) is 0.267. The highest BCUT2D eigenvalue weighted by Gasteiger charge is 2.40. The van der Waals surface area contributed by atoms with Crippen molar-refractivity contribution in [3.05, 3.63) is 83.7 Å². The molecular formula is C30H25N5. The van der Waals surface area contributed by atoms with Crippen LogP contribution in [0.5, 0.6) is 0 Å². The van der Waals surface area contributed by atoms with Crippen LogP contribution in [0.1, 0.15) is 48.4 Å². The number of rotatable bonds is 4. The molecule has 0 amide bonds. The molecule has 0 radical (unpaired) electrons. The van der Waals surface area contributed by atoms with E-state index in [9.17, 15) is 5.26 Å². The Bertz CT molecular complexity index is 1620. The van der Waals surface area contributed by atoms with Crippen LogP contribution >= 0.6 is 0 Å². The summed E-state index contributed by atoms with van der Waals surface area (Å²) in [5, 5.41) is 15.1. The fourth-order valence-electron chi connectivity index (χ4n) is 5.68. The third-order valence-corrected chi connectivity index (χ3v) is 7.91. The minimum absolute atomic E-state index is 0.497. The predicted molar refractivity (Wildman–Crippen MR) is 137 cm³/mol. The van der Waals surface area contributed by atoms with Gasteiger partial charge in [0.15, 0.2) is 11.3 Å². The van der Waals surface area contributed by atoms with Crippen LogP contribution in [0.15, 0.2) is 66.9 Å². The second-order valence-electron chi connectivity index (χ2n) is 10.1. The molecule has 2 aliphatic carbocycles. The number of benzene rings is 2. The Balaban J connectivity index is 1.36. The van der Waals surface area contributed by atoms with E-state index in [0.29, 0.717) is 28.5 Å². The number of aryl methyl sites for hydroxylation is 1. The summed E-state index contributed by atoms with van der Waals surface area (Å²) < 4.78 is 1.71. The van der Waals surface area contributed by atoms with Gasteiger partial charge in [0.2, 0.25) is 0 Å². The van der Waals surface area contributed by atoms with E-state index < -0.39 is 0 Å². The Morgan fingerprint density at radius 2 is 1.69 bits per heavy atom. The molecule has 0 N–H and O–H groups in total. The number of fused-ring (bicyclic) bond motifs is 3. The maximum Gasteiger partial charge on any atom is 0.175 e. The maximum atomic E-state index is 9.59. The molecule has 2 saturated carbocycles. The highest BCUT2D eigenvalue weighted by Crippen LogP contribution is 2.53. The Labute approximate surface area is 204 Å². The summed E-state index contributed by atoms with van der Waals surface area (Å²) in [4.78, 5) is 9.69. The standard InChI is InChI=1S/C30H25N5/c1-18-27(16-31)30-32-17-25-15-26(21-5-3-2-4-6-21)28(33-29(25)35(30)34-18)22-11-9-20(10-12-22)24-13-23(14-24)19-7-8-19/h2-6,9-12,15,17,19,23-24H,7-8,13-14H2,1H3. The largest absolute Gasteiger partial charge is 0.235 e. The van der Waals surface area contributed by atoms with E-state index in [2.05, 4.69) is 70.7 Å². The lowest BCUT2D eigenvalue weighted by molar-refractivity contribution is 0.232. The van der Waals surface area contributed by atoms with Crippen molar-refractivity contribution in [2.75, 3.05) is 0 Å². The highest BCUT2D eigenvalue weighted by molar-refractivity contribution is 5.91. The first kappa shape index (κ1) is 20.3. The molecule has 5 heteroatoms. The Morgan fingerprint density at radius 3 is 2.40 bits per heavy atom. The van der Waals surface area contributed by atoms with Crippen LogP contribution in [0.4, 0.5) is 0 Å². The minimum Gasteiger partial charge on any atom is -0.235 e. The van der Waals surface area contributed by atoms with Crippen LogP contribution in [0.3, 0.4) is 0 Å². The average Bonchev–Trinajstić information content (AvgIpc) is 3.64. The molecule has 0 unspecified atom stereocenters. The van der Waals surface area contributed by atoms with Gasteiger partial charge in [-0.05, 0) is 67.6 Å². The van der Waals surface area contributed by atoms with Crippen molar-refractivity contribution in [3.8, 4) is 28.5 Å². The molecule has 0 spiro atoms. The zero-order chi connectivity index (χ0) is 23.5. The first-order chi connectivity index (χ1) is 17.2. The van der Waals surface area contributed by atoms with Gasteiger partial charge in [0.1, 0.15) is 11.6 Å². The summed E-state index contributed by atoms with van der Waals surface area (Å²) in [6.45, 7) is 1.84. The van der Waals surface area contributed by atoms with E-state index in [1.165, 1.54) is 31.2 Å². The second kappa shape index (κ2) is 7.74. The molecule has 2 aromatic carbocycles. The molecule has 3 aromatic heterocycles. The molecule has 0 aliphatic heterocycles. The van der Waals surface area contributed by atoms with Gasteiger partial charge in [-0.15, -0.1) is 0 Å². The van der Waals surface area contributed by atoms with Crippen LogP contribution in [0, 0.1) is 30.1 Å². The van der Waals surface area contributed by atoms with Crippen molar-refractivity contribution in [2.45, 2.75) is 38.5 Å². The molecule has 35 heavy (non-hydrogen) atoms. The van der Waals surface area contributed by atoms with Gasteiger partial charge in [-0.2, -0.15) is 14.9 Å². The summed E-state index contributed by atoms with van der Waals surface area (Å²) >= 11 is 0. The Hall–Kier alpha value is -4.04. The van der Waals surface area contributed by atoms with E-state index in [0.717, 1.165) is 39.6 Å². The van der Waals surface area contributed by atoms with Crippen molar-refractivity contribution in [1.29, 1.82) is 5.26 Å². The molecule has 2 aliphatic rings. The lowest BCUT2D eigenvalue weighted by atomic mass is 9.69. The topological polar surface area (TPSA) is 66.9 Å². The molecule has 2 fully saturated rings. The molecule has 170 valence electrons. The van der Waals surface area contributed by atoms with Crippen LogP contribution in [0.2, 0.25) is 0 Å². The number of pyridine rings is 1. The van der Waals surface area contributed by atoms with Gasteiger partial charge >= 0.3 is 0 Å². The Kier molecular flexibility index (Phi) is 4.50. The molecule has 0 atom stereocenters. The molecule has 0 saturated heterocycles. The first-order valence-corrected chi connectivity index (χ1v) is 12.4. The van der Waals surface area contributed by atoms with Gasteiger partial charge in [0.25, 0.3) is 0 Å². The van der Waals surface area contributed by atoms with E-state index in [1.54, 1.807) is 10.7 Å². The normalized spacial score (nSPS) is 19.5. The minimum atomic E-state index is 0.497. The summed E-state index contributed by atoms with van der Waals surface area (Å²) in [6.07, 6.45) is 7.38. The van der Waals surface area contributed by atoms with E-state index in [1.807, 2.05) is 13.0 Å². The first-order valence-electron chi connectivity index (χ1n) is 12.4. The molecular weight excluding hydrogens is 430 g/mol. The lowest BCUT2D eigenvalue weighted by Crippen LogP contribution is -2.23. The Morgan fingerprint density at radius 1 is 0.914 bits per heavy atom. The van der Waals surface area contributed by atoms with Gasteiger partial charge in [0, 0.05) is 22.7 Å². The third kappa shape index (κ3) is 3.32. The van der Waals surface area contributed by atoms with E-state index >= 15 is 0 Å². The van der Waals surface area contributed by atoms with Gasteiger partial charge in [-0.3, -0.25) is 0 Å². The number of nitrogens with zero attached hydrogens (tertiary/aromatic N) is 5. The van der Waals surface area contributed by atoms with Crippen molar-refractivity contribution in [2.24, 2.45) is 11.8 Å².